The van der Waals surface area contributed by atoms with Crippen molar-refractivity contribution in [3.8, 4) is 22.6 Å². The lowest BCUT2D eigenvalue weighted by Crippen LogP contribution is -2.17. The highest BCUT2D eigenvalue weighted by Gasteiger charge is 2.32. The maximum Gasteiger partial charge on any atom is 0.573 e. The standard InChI is InChI=1S/C16H10F3NO2/c17-16(18,19)22-15-9-10(5-6-14(15)21)11-7-8-20-13-4-2-1-3-12(11)13/h1-9,21H. The monoisotopic (exact) mass is 305 g/mol. The zero-order valence-corrected chi connectivity index (χ0v) is 11.1. The van der Waals surface area contributed by atoms with Crippen molar-refractivity contribution in [2.75, 3.05) is 0 Å². The van der Waals surface area contributed by atoms with Crippen LogP contribution in [0.25, 0.3) is 22.0 Å². The summed E-state index contributed by atoms with van der Waals surface area (Å²) in [5, 5.41) is 10.3. The molecule has 0 aliphatic rings. The van der Waals surface area contributed by atoms with Crippen LogP contribution in [0.3, 0.4) is 0 Å². The number of nitrogens with zero attached hydrogens (tertiary/aromatic N) is 1. The smallest absolute Gasteiger partial charge is 0.504 e. The topological polar surface area (TPSA) is 42.4 Å². The van der Waals surface area contributed by atoms with Crippen LogP contribution in [0.2, 0.25) is 0 Å². The predicted octanol–water partition coefficient (Wildman–Crippen LogP) is 4.51. The van der Waals surface area contributed by atoms with Crippen molar-refractivity contribution in [1.29, 1.82) is 0 Å². The van der Waals surface area contributed by atoms with E-state index in [0.717, 1.165) is 17.0 Å². The molecule has 3 nitrogen and oxygen atoms in total. The molecular formula is C16H10F3NO2. The van der Waals surface area contributed by atoms with Crippen LogP contribution in [-0.2, 0) is 0 Å². The van der Waals surface area contributed by atoms with Gasteiger partial charge in [-0.1, -0.05) is 24.3 Å². The van der Waals surface area contributed by atoms with E-state index in [1.54, 1.807) is 12.3 Å². The molecule has 0 saturated carbocycles. The molecule has 22 heavy (non-hydrogen) atoms. The van der Waals surface area contributed by atoms with Gasteiger partial charge in [-0.3, -0.25) is 4.98 Å². The zero-order chi connectivity index (χ0) is 15.7. The minimum absolute atomic E-state index is 0.496. The molecule has 6 heteroatoms. The zero-order valence-electron chi connectivity index (χ0n) is 11.1. The Labute approximate surface area is 123 Å². The van der Waals surface area contributed by atoms with Gasteiger partial charge in [0.05, 0.1) is 5.52 Å². The molecule has 2 aromatic carbocycles. The minimum Gasteiger partial charge on any atom is -0.504 e. The van der Waals surface area contributed by atoms with Crippen LogP contribution < -0.4 is 4.74 Å². The van der Waals surface area contributed by atoms with Crippen LogP contribution in [0, 0.1) is 0 Å². The molecule has 1 N–H and O–H groups in total. The number of phenolic OH excluding ortho intramolecular Hbond substituents is 1. The van der Waals surface area contributed by atoms with Crippen molar-refractivity contribution < 1.29 is 23.0 Å². The number of rotatable bonds is 2. The Bertz CT molecular complexity index is 826. The summed E-state index contributed by atoms with van der Waals surface area (Å²) in [6.45, 7) is 0. The second-order valence-corrected chi connectivity index (χ2v) is 4.61. The summed E-state index contributed by atoms with van der Waals surface area (Å²) in [4.78, 5) is 4.21. The van der Waals surface area contributed by atoms with Crippen LogP contribution in [0.5, 0.6) is 11.5 Å². The number of benzene rings is 2. The SMILES string of the molecule is Oc1ccc(-c2ccnc3ccccc23)cc1OC(F)(F)F. The largest absolute Gasteiger partial charge is 0.573 e. The maximum atomic E-state index is 12.4. The van der Waals surface area contributed by atoms with E-state index < -0.39 is 17.9 Å². The van der Waals surface area contributed by atoms with Gasteiger partial charge in [0, 0.05) is 11.6 Å². The third-order valence-corrected chi connectivity index (χ3v) is 3.15. The van der Waals surface area contributed by atoms with E-state index in [-0.39, 0.29) is 0 Å². The summed E-state index contributed by atoms with van der Waals surface area (Å²) in [7, 11) is 0. The molecule has 0 amide bonds. The molecule has 1 aromatic heterocycles. The lowest BCUT2D eigenvalue weighted by Gasteiger charge is -2.12. The number of alkyl halides is 3. The highest BCUT2D eigenvalue weighted by Crippen LogP contribution is 2.36. The second kappa shape index (κ2) is 5.22. The van der Waals surface area contributed by atoms with Crippen LogP contribution in [0.4, 0.5) is 13.2 Å². The van der Waals surface area contributed by atoms with Gasteiger partial charge in [0.15, 0.2) is 11.5 Å². The highest BCUT2D eigenvalue weighted by molar-refractivity contribution is 5.94. The summed E-state index contributed by atoms with van der Waals surface area (Å²) < 4.78 is 40.9. The number of halogens is 3. The van der Waals surface area contributed by atoms with E-state index in [2.05, 4.69) is 9.72 Å². The van der Waals surface area contributed by atoms with E-state index in [0.29, 0.717) is 11.1 Å². The fourth-order valence-electron chi connectivity index (χ4n) is 2.24. The van der Waals surface area contributed by atoms with Crippen molar-refractivity contribution in [3.63, 3.8) is 0 Å². The fourth-order valence-corrected chi connectivity index (χ4v) is 2.24. The van der Waals surface area contributed by atoms with Gasteiger partial charge in [0.2, 0.25) is 0 Å². The minimum atomic E-state index is -4.86. The van der Waals surface area contributed by atoms with Gasteiger partial charge in [-0.15, -0.1) is 13.2 Å². The van der Waals surface area contributed by atoms with Crippen molar-refractivity contribution in [3.05, 3.63) is 54.7 Å². The van der Waals surface area contributed by atoms with Gasteiger partial charge in [0.25, 0.3) is 0 Å². The fraction of sp³-hybridized carbons (Fsp3) is 0.0625. The van der Waals surface area contributed by atoms with Gasteiger partial charge in [0.1, 0.15) is 0 Å². The summed E-state index contributed by atoms with van der Waals surface area (Å²) in [5.41, 5.74) is 1.93. The Morgan fingerprint density at radius 3 is 2.55 bits per heavy atom. The van der Waals surface area contributed by atoms with E-state index in [1.165, 1.54) is 12.1 Å². The van der Waals surface area contributed by atoms with Crippen molar-refractivity contribution in [1.82, 2.24) is 4.98 Å². The van der Waals surface area contributed by atoms with Crippen molar-refractivity contribution in [2.45, 2.75) is 6.36 Å². The number of para-hydroxylation sites is 1. The first kappa shape index (κ1) is 14.2. The van der Waals surface area contributed by atoms with Crippen LogP contribution >= 0.6 is 0 Å². The van der Waals surface area contributed by atoms with Gasteiger partial charge in [-0.2, -0.15) is 0 Å². The molecular weight excluding hydrogens is 295 g/mol. The van der Waals surface area contributed by atoms with E-state index in [1.807, 2.05) is 24.3 Å². The summed E-state index contributed by atoms with van der Waals surface area (Å²) in [6.07, 6.45) is -3.29. The first-order valence-electron chi connectivity index (χ1n) is 6.37. The van der Waals surface area contributed by atoms with Gasteiger partial charge in [-0.05, 0) is 35.4 Å². The Kier molecular flexibility index (Phi) is 3.36. The first-order chi connectivity index (χ1) is 10.4. The Hall–Kier alpha value is -2.76. The van der Waals surface area contributed by atoms with Crippen LogP contribution in [0.15, 0.2) is 54.7 Å². The molecule has 0 bridgehead atoms. The van der Waals surface area contributed by atoms with Crippen molar-refractivity contribution in [2.24, 2.45) is 0 Å². The van der Waals surface area contributed by atoms with Crippen molar-refractivity contribution >= 4 is 10.9 Å². The normalized spacial score (nSPS) is 11.6. The first-order valence-corrected chi connectivity index (χ1v) is 6.37. The van der Waals surface area contributed by atoms with Gasteiger partial charge >= 0.3 is 6.36 Å². The number of aromatic nitrogens is 1. The number of hydrogen-bond acceptors (Lipinski definition) is 3. The van der Waals surface area contributed by atoms with E-state index >= 15 is 0 Å². The lowest BCUT2D eigenvalue weighted by molar-refractivity contribution is -0.275. The number of hydrogen-bond donors (Lipinski definition) is 1. The quantitative estimate of drug-likeness (QED) is 0.757. The lowest BCUT2D eigenvalue weighted by atomic mass is 10.0. The van der Waals surface area contributed by atoms with Crippen LogP contribution in [0.1, 0.15) is 0 Å². The molecule has 0 fully saturated rings. The second-order valence-electron chi connectivity index (χ2n) is 4.61. The number of pyridine rings is 1. The Morgan fingerprint density at radius 2 is 1.77 bits per heavy atom. The molecule has 0 atom stereocenters. The summed E-state index contributed by atoms with van der Waals surface area (Å²) in [5.74, 6) is -1.20. The molecule has 0 saturated heterocycles. The summed E-state index contributed by atoms with van der Waals surface area (Å²) >= 11 is 0. The maximum absolute atomic E-state index is 12.4. The molecule has 0 spiro atoms. The number of ether oxygens (including phenoxy) is 1. The van der Waals surface area contributed by atoms with Gasteiger partial charge in [-0.25, -0.2) is 0 Å². The predicted molar refractivity (Wildman–Crippen MR) is 75.5 cm³/mol. The van der Waals surface area contributed by atoms with E-state index in [4.69, 9.17) is 0 Å². The molecule has 3 aromatic rings. The molecule has 0 aliphatic heterocycles. The Morgan fingerprint density at radius 1 is 1.00 bits per heavy atom. The molecule has 1 heterocycles. The molecule has 0 unspecified atom stereocenters. The average Bonchev–Trinajstić information content (AvgIpc) is 2.48. The number of aromatic hydroxyl groups is 1. The van der Waals surface area contributed by atoms with Gasteiger partial charge < -0.3 is 9.84 Å². The van der Waals surface area contributed by atoms with E-state index in [9.17, 15) is 18.3 Å². The molecule has 0 aliphatic carbocycles. The third-order valence-electron chi connectivity index (χ3n) is 3.15. The molecule has 0 radical (unpaired) electrons. The number of phenols is 1. The average molecular weight is 305 g/mol. The third kappa shape index (κ3) is 2.81. The number of fused-ring (bicyclic) bond motifs is 1. The highest BCUT2D eigenvalue weighted by atomic mass is 19.4. The molecule has 112 valence electrons. The Balaban J connectivity index is 2.13. The molecule has 3 rings (SSSR count). The summed E-state index contributed by atoms with van der Waals surface area (Å²) in [6, 6.07) is 12.8. The van der Waals surface area contributed by atoms with Crippen LogP contribution in [-0.4, -0.2) is 16.5 Å².